The summed E-state index contributed by atoms with van der Waals surface area (Å²) in [4.78, 5) is 11.1. The van der Waals surface area contributed by atoms with E-state index in [9.17, 15) is 4.79 Å². The Balaban J connectivity index is 2.26. The number of allylic oxidation sites excluding steroid dienone is 1. The Bertz CT molecular complexity index is 315. The molecule has 0 spiro atoms. The Hall–Kier alpha value is -1.41. The maximum Gasteiger partial charge on any atom is 0.158 e. The van der Waals surface area contributed by atoms with Crippen LogP contribution < -0.4 is 0 Å². The third-order valence-electron chi connectivity index (χ3n) is 2.01. The summed E-state index contributed by atoms with van der Waals surface area (Å²) in [6.07, 6.45) is 5.37. The predicted molar refractivity (Wildman–Crippen MR) is 61.6 cm³/mol. The van der Waals surface area contributed by atoms with Gasteiger partial charge in [0.15, 0.2) is 5.78 Å². The molecule has 0 fully saturated rings. The van der Waals surface area contributed by atoms with E-state index in [0.717, 1.165) is 12.0 Å². The SMILES string of the molecule is COCC(=O)CC/C=C/c1ccccc1. The number of carbonyl (C=O) groups excluding carboxylic acids is 1. The van der Waals surface area contributed by atoms with Gasteiger partial charge in [-0.15, -0.1) is 0 Å². The van der Waals surface area contributed by atoms with Gasteiger partial charge in [0.05, 0.1) is 0 Å². The lowest BCUT2D eigenvalue weighted by atomic mass is 10.1. The number of ether oxygens (including phenoxy) is 1. The lowest BCUT2D eigenvalue weighted by molar-refractivity contribution is -0.122. The van der Waals surface area contributed by atoms with Gasteiger partial charge in [-0.1, -0.05) is 42.5 Å². The average Bonchev–Trinajstić information content (AvgIpc) is 2.26. The highest BCUT2D eigenvalue weighted by Gasteiger charge is 1.97. The zero-order valence-electron chi connectivity index (χ0n) is 8.98. The van der Waals surface area contributed by atoms with Gasteiger partial charge in [-0.25, -0.2) is 0 Å². The predicted octanol–water partition coefficient (Wildman–Crippen LogP) is 2.70. The van der Waals surface area contributed by atoms with Gasteiger partial charge in [0, 0.05) is 13.5 Å². The summed E-state index contributed by atoms with van der Waals surface area (Å²) in [6, 6.07) is 10.0. The van der Waals surface area contributed by atoms with Crippen molar-refractivity contribution in [3.8, 4) is 0 Å². The van der Waals surface area contributed by atoms with Crippen LogP contribution in [-0.2, 0) is 9.53 Å². The first-order valence-electron chi connectivity index (χ1n) is 5.05. The first kappa shape index (κ1) is 11.7. The standard InChI is InChI=1S/C13H16O2/c1-15-11-13(14)10-6-5-9-12-7-3-2-4-8-12/h2-5,7-9H,6,10-11H2,1H3/b9-5+. The van der Waals surface area contributed by atoms with E-state index in [4.69, 9.17) is 4.74 Å². The van der Waals surface area contributed by atoms with Gasteiger partial charge in [-0.2, -0.15) is 0 Å². The first-order chi connectivity index (χ1) is 7.33. The van der Waals surface area contributed by atoms with Gasteiger partial charge in [-0.05, 0) is 12.0 Å². The Morgan fingerprint density at radius 2 is 2.07 bits per heavy atom. The summed E-state index contributed by atoms with van der Waals surface area (Å²) in [5, 5.41) is 0. The van der Waals surface area contributed by atoms with Gasteiger partial charge >= 0.3 is 0 Å². The van der Waals surface area contributed by atoms with E-state index in [0.29, 0.717) is 6.42 Å². The number of hydrogen-bond acceptors (Lipinski definition) is 2. The van der Waals surface area contributed by atoms with Crippen molar-refractivity contribution in [1.29, 1.82) is 0 Å². The number of Topliss-reactive ketones (excluding diaryl/α,β-unsaturated/α-hetero) is 1. The minimum atomic E-state index is 0.148. The highest BCUT2D eigenvalue weighted by Crippen LogP contribution is 2.03. The second kappa shape index (κ2) is 6.96. The molecule has 1 aromatic carbocycles. The summed E-state index contributed by atoms with van der Waals surface area (Å²) in [5.41, 5.74) is 1.16. The molecule has 0 saturated carbocycles. The second-order valence-corrected chi connectivity index (χ2v) is 3.32. The molecule has 0 radical (unpaired) electrons. The highest BCUT2D eigenvalue weighted by molar-refractivity contribution is 5.79. The van der Waals surface area contributed by atoms with E-state index in [-0.39, 0.29) is 12.4 Å². The van der Waals surface area contributed by atoms with Crippen LogP contribution in [0.2, 0.25) is 0 Å². The molecule has 0 heterocycles. The van der Waals surface area contributed by atoms with Crippen molar-refractivity contribution in [3.63, 3.8) is 0 Å². The third kappa shape index (κ3) is 5.13. The molecule has 0 aliphatic rings. The molecule has 0 unspecified atom stereocenters. The smallest absolute Gasteiger partial charge is 0.158 e. The highest BCUT2D eigenvalue weighted by atomic mass is 16.5. The molecule has 0 aliphatic heterocycles. The maximum absolute atomic E-state index is 11.1. The van der Waals surface area contributed by atoms with Gasteiger partial charge in [0.2, 0.25) is 0 Å². The van der Waals surface area contributed by atoms with Crippen molar-refractivity contribution in [2.24, 2.45) is 0 Å². The fraction of sp³-hybridized carbons (Fsp3) is 0.308. The van der Waals surface area contributed by atoms with Crippen LogP contribution >= 0.6 is 0 Å². The fourth-order valence-electron chi connectivity index (χ4n) is 1.26. The molecule has 0 aromatic heterocycles. The molecule has 80 valence electrons. The Morgan fingerprint density at radius 3 is 2.73 bits per heavy atom. The fourth-order valence-corrected chi connectivity index (χ4v) is 1.26. The van der Waals surface area contributed by atoms with Crippen LogP contribution in [0.3, 0.4) is 0 Å². The Labute approximate surface area is 90.6 Å². The number of hydrogen-bond donors (Lipinski definition) is 0. The lowest BCUT2D eigenvalue weighted by Crippen LogP contribution is -2.04. The van der Waals surface area contributed by atoms with Crippen LogP contribution in [0.4, 0.5) is 0 Å². The zero-order valence-corrected chi connectivity index (χ0v) is 8.98. The van der Waals surface area contributed by atoms with Crippen LogP contribution in [0.25, 0.3) is 6.08 Å². The monoisotopic (exact) mass is 204 g/mol. The molecule has 0 aliphatic carbocycles. The number of methoxy groups -OCH3 is 1. The molecule has 2 heteroatoms. The first-order valence-corrected chi connectivity index (χ1v) is 5.05. The summed E-state index contributed by atoms with van der Waals surface area (Å²) < 4.78 is 4.75. The van der Waals surface area contributed by atoms with Crippen LogP contribution in [0.15, 0.2) is 36.4 Å². The summed E-state index contributed by atoms with van der Waals surface area (Å²) in [6.45, 7) is 0.221. The quantitative estimate of drug-likeness (QED) is 0.712. The van der Waals surface area contributed by atoms with Crippen molar-refractivity contribution in [2.45, 2.75) is 12.8 Å². The van der Waals surface area contributed by atoms with E-state index in [1.54, 1.807) is 0 Å². The van der Waals surface area contributed by atoms with Gasteiger partial charge in [0.25, 0.3) is 0 Å². The van der Waals surface area contributed by atoms with Crippen molar-refractivity contribution in [1.82, 2.24) is 0 Å². The van der Waals surface area contributed by atoms with E-state index in [2.05, 4.69) is 0 Å². The van der Waals surface area contributed by atoms with E-state index in [1.807, 2.05) is 42.5 Å². The molecule has 0 saturated heterocycles. The minimum Gasteiger partial charge on any atom is -0.377 e. The van der Waals surface area contributed by atoms with E-state index in [1.165, 1.54) is 7.11 Å². The van der Waals surface area contributed by atoms with Crippen LogP contribution in [0, 0.1) is 0 Å². The molecule has 15 heavy (non-hydrogen) atoms. The Morgan fingerprint density at radius 1 is 1.33 bits per heavy atom. The molecule has 1 aromatic rings. The number of rotatable bonds is 6. The molecular weight excluding hydrogens is 188 g/mol. The maximum atomic E-state index is 11.1. The zero-order chi connectivity index (χ0) is 10.9. The van der Waals surface area contributed by atoms with Crippen molar-refractivity contribution < 1.29 is 9.53 Å². The number of benzene rings is 1. The molecule has 0 bridgehead atoms. The molecule has 0 atom stereocenters. The van der Waals surface area contributed by atoms with Crippen LogP contribution in [0.5, 0.6) is 0 Å². The van der Waals surface area contributed by atoms with E-state index >= 15 is 0 Å². The topological polar surface area (TPSA) is 26.3 Å². The Kier molecular flexibility index (Phi) is 5.41. The van der Waals surface area contributed by atoms with Gasteiger partial charge in [0.1, 0.15) is 6.61 Å². The van der Waals surface area contributed by atoms with Gasteiger partial charge in [-0.3, -0.25) is 4.79 Å². The summed E-state index contributed by atoms with van der Waals surface area (Å²) >= 11 is 0. The van der Waals surface area contributed by atoms with Crippen molar-refractivity contribution in [2.75, 3.05) is 13.7 Å². The van der Waals surface area contributed by atoms with Crippen LogP contribution in [-0.4, -0.2) is 19.5 Å². The third-order valence-corrected chi connectivity index (χ3v) is 2.01. The van der Waals surface area contributed by atoms with Crippen molar-refractivity contribution >= 4 is 11.9 Å². The molecule has 0 amide bonds. The molecule has 1 rings (SSSR count). The largest absolute Gasteiger partial charge is 0.377 e. The summed E-state index contributed by atoms with van der Waals surface area (Å²) in [7, 11) is 1.54. The molecular formula is C13H16O2. The number of carbonyl (C=O) groups is 1. The normalized spacial score (nSPS) is 10.7. The average molecular weight is 204 g/mol. The van der Waals surface area contributed by atoms with E-state index < -0.39 is 0 Å². The second-order valence-electron chi connectivity index (χ2n) is 3.32. The lowest BCUT2D eigenvalue weighted by Gasteiger charge is -1.95. The van der Waals surface area contributed by atoms with Gasteiger partial charge < -0.3 is 4.74 Å². The number of ketones is 1. The van der Waals surface area contributed by atoms with Crippen molar-refractivity contribution in [3.05, 3.63) is 42.0 Å². The molecule has 0 N–H and O–H groups in total. The molecule has 2 nitrogen and oxygen atoms in total. The summed E-state index contributed by atoms with van der Waals surface area (Å²) in [5.74, 6) is 0.148. The minimum absolute atomic E-state index is 0.148. The van der Waals surface area contributed by atoms with Crippen LogP contribution in [0.1, 0.15) is 18.4 Å².